The standard InChI is InChI=1S/C16H17N7O/c24-16(13-11-17-6-7-18-13)20-12-2-8-22(9-3-12)14-4-10-23-15(21-14)1-5-19-23/h1,4-7,10-12H,2-3,8-9H2,(H,20,24). The Morgan fingerprint density at radius 2 is 2.04 bits per heavy atom. The quantitative estimate of drug-likeness (QED) is 0.771. The van der Waals surface area contributed by atoms with Crippen LogP contribution in [0.15, 0.2) is 43.1 Å². The Bertz CT molecular complexity index is 840. The molecule has 24 heavy (non-hydrogen) atoms. The molecule has 0 aromatic carbocycles. The van der Waals surface area contributed by atoms with E-state index in [-0.39, 0.29) is 11.9 Å². The summed E-state index contributed by atoms with van der Waals surface area (Å²) in [5.41, 5.74) is 1.19. The molecule has 0 aliphatic carbocycles. The summed E-state index contributed by atoms with van der Waals surface area (Å²) in [4.78, 5) is 26.9. The highest BCUT2D eigenvalue weighted by Crippen LogP contribution is 2.18. The van der Waals surface area contributed by atoms with Crippen molar-refractivity contribution in [1.82, 2.24) is 29.9 Å². The number of amides is 1. The van der Waals surface area contributed by atoms with E-state index in [0.717, 1.165) is 37.4 Å². The Balaban J connectivity index is 1.37. The molecule has 8 heteroatoms. The highest BCUT2D eigenvalue weighted by molar-refractivity contribution is 5.92. The molecule has 4 rings (SSSR count). The average Bonchev–Trinajstić information content (AvgIpc) is 3.11. The first kappa shape index (κ1) is 14.6. The molecular weight excluding hydrogens is 306 g/mol. The fraction of sp³-hybridized carbons (Fsp3) is 0.312. The zero-order valence-corrected chi connectivity index (χ0v) is 13.0. The molecule has 1 aliphatic heterocycles. The predicted octanol–water partition coefficient (Wildman–Crippen LogP) is 0.918. The van der Waals surface area contributed by atoms with Crippen LogP contribution in [-0.4, -0.2) is 49.6 Å². The summed E-state index contributed by atoms with van der Waals surface area (Å²) in [6, 6.07) is 4.00. The maximum Gasteiger partial charge on any atom is 0.271 e. The lowest BCUT2D eigenvalue weighted by atomic mass is 10.0. The van der Waals surface area contributed by atoms with Crippen molar-refractivity contribution in [2.75, 3.05) is 18.0 Å². The van der Waals surface area contributed by atoms with E-state index >= 15 is 0 Å². The van der Waals surface area contributed by atoms with Gasteiger partial charge in [0.1, 0.15) is 11.5 Å². The molecule has 1 N–H and O–H groups in total. The first-order valence-electron chi connectivity index (χ1n) is 7.92. The molecule has 0 atom stereocenters. The van der Waals surface area contributed by atoms with Gasteiger partial charge >= 0.3 is 0 Å². The number of nitrogens with zero attached hydrogens (tertiary/aromatic N) is 6. The molecular formula is C16H17N7O. The van der Waals surface area contributed by atoms with E-state index in [1.807, 2.05) is 18.3 Å². The third-order valence-corrected chi connectivity index (χ3v) is 4.19. The van der Waals surface area contributed by atoms with Gasteiger partial charge in [0.05, 0.1) is 12.4 Å². The van der Waals surface area contributed by atoms with Gasteiger partial charge in [-0.3, -0.25) is 9.78 Å². The molecule has 8 nitrogen and oxygen atoms in total. The number of piperidine rings is 1. The van der Waals surface area contributed by atoms with E-state index in [1.165, 1.54) is 12.4 Å². The molecule has 0 bridgehead atoms. The van der Waals surface area contributed by atoms with Crippen LogP contribution in [0, 0.1) is 0 Å². The van der Waals surface area contributed by atoms with Gasteiger partial charge < -0.3 is 10.2 Å². The van der Waals surface area contributed by atoms with Crippen molar-refractivity contribution in [3.05, 3.63) is 48.8 Å². The molecule has 1 fully saturated rings. The fourth-order valence-electron chi connectivity index (χ4n) is 2.91. The van der Waals surface area contributed by atoms with E-state index < -0.39 is 0 Å². The second-order valence-corrected chi connectivity index (χ2v) is 5.75. The van der Waals surface area contributed by atoms with Crippen molar-refractivity contribution in [1.29, 1.82) is 0 Å². The van der Waals surface area contributed by atoms with Crippen LogP contribution in [0.25, 0.3) is 5.65 Å². The van der Waals surface area contributed by atoms with Gasteiger partial charge in [0.15, 0.2) is 5.65 Å². The third kappa shape index (κ3) is 2.90. The number of aromatic nitrogens is 5. The van der Waals surface area contributed by atoms with Gasteiger partial charge in [-0.1, -0.05) is 0 Å². The lowest BCUT2D eigenvalue weighted by molar-refractivity contribution is 0.0925. The zero-order chi connectivity index (χ0) is 16.4. The highest BCUT2D eigenvalue weighted by atomic mass is 16.1. The molecule has 3 aromatic heterocycles. The number of rotatable bonds is 3. The minimum atomic E-state index is -0.166. The van der Waals surface area contributed by atoms with Crippen LogP contribution in [0.5, 0.6) is 0 Å². The predicted molar refractivity (Wildman–Crippen MR) is 87.7 cm³/mol. The topological polar surface area (TPSA) is 88.3 Å². The Morgan fingerprint density at radius 3 is 2.83 bits per heavy atom. The van der Waals surface area contributed by atoms with Crippen molar-refractivity contribution < 1.29 is 4.79 Å². The number of hydrogen-bond donors (Lipinski definition) is 1. The Morgan fingerprint density at radius 1 is 1.17 bits per heavy atom. The molecule has 4 heterocycles. The van der Waals surface area contributed by atoms with Crippen molar-refractivity contribution in [2.24, 2.45) is 0 Å². The summed E-state index contributed by atoms with van der Waals surface area (Å²) in [6.45, 7) is 1.70. The summed E-state index contributed by atoms with van der Waals surface area (Å²) in [6.07, 6.45) is 9.96. The number of nitrogens with one attached hydrogen (secondary N) is 1. The average molecular weight is 323 g/mol. The number of fused-ring (bicyclic) bond motifs is 1. The van der Waals surface area contributed by atoms with Crippen LogP contribution in [0.4, 0.5) is 5.82 Å². The Kier molecular flexibility index (Phi) is 3.78. The first-order chi connectivity index (χ1) is 11.8. The maximum absolute atomic E-state index is 12.1. The lowest BCUT2D eigenvalue weighted by Crippen LogP contribution is -2.45. The van der Waals surface area contributed by atoms with Gasteiger partial charge in [0, 0.05) is 43.8 Å². The molecule has 0 spiro atoms. The summed E-state index contributed by atoms with van der Waals surface area (Å²) < 4.78 is 1.75. The van der Waals surface area contributed by atoms with Crippen LogP contribution < -0.4 is 10.2 Å². The minimum Gasteiger partial charge on any atom is -0.356 e. The van der Waals surface area contributed by atoms with E-state index in [4.69, 9.17) is 0 Å². The Labute approximate surface area is 138 Å². The van der Waals surface area contributed by atoms with Crippen LogP contribution >= 0.6 is 0 Å². The van der Waals surface area contributed by atoms with Gasteiger partial charge in [0.25, 0.3) is 5.91 Å². The molecule has 1 saturated heterocycles. The minimum absolute atomic E-state index is 0.148. The Hall–Kier alpha value is -3.03. The monoisotopic (exact) mass is 323 g/mol. The summed E-state index contributed by atoms with van der Waals surface area (Å²) in [7, 11) is 0. The van der Waals surface area contributed by atoms with Crippen LogP contribution in [0.2, 0.25) is 0 Å². The highest BCUT2D eigenvalue weighted by Gasteiger charge is 2.22. The van der Waals surface area contributed by atoms with Gasteiger partial charge in [-0.25, -0.2) is 14.5 Å². The second kappa shape index (κ2) is 6.23. The van der Waals surface area contributed by atoms with Crippen LogP contribution in [0.1, 0.15) is 23.3 Å². The van der Waals surface area contributed by atoms with Crippen molar-refractivity contribution >= 4 is 17.4 Å². The lowest BCUT2D eigenvalue weighted by Gasteiger charge is -2.33. The first-order valence-corrected chi connectivity index (χ1v) is 7.92. The second-order valence-electron chi connectivity index (χ2n) is 5.75. The maximum atomic E-state index is 12.1. The zero-order valence-electron chi connectivity index (χ0n) is 13.0. The number of anilines is 1. The summed E-state index contributed by atoms with van der Waals surface area (Å²) >= 11 is 0. The van der Waals surface area contributed by atoms with E-state index in [1.54, 1.807) is 16.9 Å². The largest absolute Gasteiger partial charge is 0.356 e. The normalized spacial score (nSPS) is 15.6. The number of carbonyl (C=O) groups is 1. The fourth-order valence-corrected chi connectivity index (χ4v) is 2.91. The number of carbonyl (C=O) groups excluding carboxylic acids is 1. The van der Waals surface area contributed by atoms with Crippen molar-refractivity contribution in [3.8, 4) is 0 Å². The molecule has 1 amide bonds. The molecule has 0 unspecified atom stereocenters. The van der Waals surface area contributed by atoms with E-state index in [2.05, 4.69) is 30.3 Å². The van der Waals surface area contributed by atoms with Gasteiger partial charge in [-0.15, -0.1) is 0 Å². The van der Waals surface area contributed by atoms with Gasteiger partial charge in [0.2, 0.25) is 0 Å². The van der Waals surface area contributed by atoms with E-state index in [0.29, 0.717) is 5.69 Å². The van der Waals surface area contributed by atoms with Gasteiger partial charge in [-0.05, 0) is 18.9 Å². The van der Waals surface area contributed by atoms with Crippen molar-refractivity contribution in [3.63, 3.8) is 0 Å². The molecule has 122 valence electrons. The molecule has 3 aromatic rings. The summed E-state index contributed by atoms with van der Waals surface area (Å²) in [5.74, 6) is 0.780. The molecule has 0 saturated carbocycles. The third-order valence-electron chi connectivity index (χ3n) is 4.19. The van der Waals surface area contributed by atoms with Gasteiger partial charge in [-0.2, -0.15) is 5.10 Å². The van der Waals surface area contributed by atoms with E-state index in [9.17, 15) is 4.79 Å². The summed E-state index contributed by atoms with van der Waals surface area (Å²) in [5, 5.41) is 7.19. The molecule has 1 aliphatic rings. The SMILES string of the molecule is O=C(NC1CCN(c2ccn3nccc3n2)CC1)c1cnccn1. The number of hydrogen-bond acceptors (Lipinski definition) is 6. The smallest absolute Gasteiger partial charge is 0.271 e. The molecule has 0 radical (unpaired) electrons. The van der Waals surface area contributed by atoms with Crippen LogP contribution in [0.3, 0.4) is 0 Å². The van der Waals surface area contributed by atoms with Crippen molar-refractivity contribution in [2.45, 2.75) is 18.9 Å². The van der Waals surface area contributed by atoms with Crippen LogP contribution in [-0.2, 0) is 0 Å².